The van der Waals surface area contributed by atoms with E-state index in [0.717, 1.165) is 17.5 Å². The van der Waals surface area contributed by atoms with Crippen LogP contribution < -0.4 is 10.1 Å². The molecule has 0 aliphatic carbocycles. The molecule has 3 aromatic rings. The molecule has 0 bridgehead atoms. The zero-order valence-electron chi connectivity index (χ0n) is 13.7. The minimum absolute atomic E-state index is 0.149. The van der Waals surface area contributed by atoms with Crippen molar-refractivity contribution in [3.63, 3.8) is 0 Å². The molecule has 2 aromatic carbocycles. The average molecular weight is 373 g/mol. The maximum Gasteiger partial charge on any atom is 0.277 e. The summed E-state index contributed by atoms with van der Waals surface area (Å²) in [6.45, 7) is 0.786. The van der Waals surface area contributed by atoms with Gasteiger partial charge in [-0.15, -0.1) is 10.2 Å². The van der Waals surface area contributed by atoms with E-state index in [0.29, 0.717) is 18.7 Å². The third-order valence-corrected chi connectivity index (χ3v) is 4.08. The molecular weight excluding hydrogens is 357 g/mol. The number of carbonyl (C=O) groups is 1. The summed E-state index contributed by atoms with van der Waals surface area (Å²) in [5.41, 5.74) is 0.619. The van der Waals surface area contributed by atoms with Crippen molar-refractivity contribution in [2.45, 2.75) is 5.22 Å². The minimum atomic E-state index is -0.337. The molecule has 8 heteroatoms. The van der Waals surface area contributed by atoms with Gasteiger partial charge in [0.2, 0.25) is 11.8 Å². The SMILES string of the molecule is O=C(CSc1nnc(-c2ccc(F)cc2)o1)NCCOc1ccccc1. The molecule has 6 nitrogen and oxygen atoms in total. The summed E-state index contributed by atoms with van der Waals surface area (Å²) < 4.78 is 23.9. The number of nitrogens with zero attached hydrogens (tertiary/aromatic N) is 2. The molecule has 1 N–H and O–H groups in total. The monoisotopic (exact) mass is 373 g/mol. The summed E-state index contributed by atoms with van der Waals surface area (Å²) in [4.78, 5) is 11.8. The summed E-state index contributed by atoms with van der Waals surface area (Å²) in [6, 6.07) is 15.1. The highest BCUT2D eigenvalue weighted by Gasteiger charge is 2.11. The third-order valence-electron chi connectivity index (χ3n) is 3.26. The van der Waals surface area contributed by atoms with Gasteiger partial charge >= 0.3 is 0 Å². The van der Waals surface area contributed by atoms with Gasteiger partial charge in [0.25, 0.3) is 5.22 Å². The predicted molar refractivity (Wildman–Crippen MR) is 95.4 cm³/mol. The Balaban J connectivity index is 1.38. The molecule has 0 fully saturated rings. The second-order valence-corrected chi connectivity index (χ2v) is 6.11. The standard InChI is InChI=1S/C18H16FN3O3S/c19-14-8-6-13(7-9-14)17-21-22-18(25-17)26-12-16(23)20-10-11-24-15-4-2-1-3-5-15/h1-9H,10-12H2,(H,20,23). The molecule has 26 heavy (non-hydrogen) atoms. The van der Waals surface area contributed by atoms with Gasteiger partial charge in [0.1, 0.15) is 18.2 Å². The highest BCUT2D eigenvalue weighted by molar-refractivity contribution is 7.99. The first-order valence-corrected chi connectivity index (χ1v) is 8.86. The van der Waals surface area contributed by atoms with Crippen LogP contribution >= 0.6 is 11.8 Å². The van der Waals surface area contributed by atoms with E-state index in [-0.39, 0.29) is 28.6 Å². The molecule has 1 aromatic heterocycles. The lowest BCUT2D eigenvalue weighted by Crippen LogP contribution is -2.29. The highest BCUT2D eigenvalue weighted by atomic mass is 32.2. The van der Waals surface area contributed by atoms with Gasteiger partial charge in [-0.05, 0) is 36.4 Å². The number of nitrogens with one attached hydrogen (secondary N) is 1. The molecule has 0 aliphatic heterocycles. The summed E-state index contributed by atoms with van der Waals surface area (Å²) in [6.07, 6.45) is 0. The first kappa shape index (κ1) is 17.9. The number of carbonyl (C=O) groups excluding carboxylic acids is 1. The van der Waals surface area contributed by atoms with Gasteiger partial charge in [0.15, 0.2) is 0 Å². The van der Waals surface area contributed by atoms with Crippen LogP contribution in [0.1, 0.15) is 0 Å². The molecular formula is C18H16FN3O3S. The van der Waals surface area contributed by atoms with E-state index in [4.69, 9.17) is 9.15 Å². The molecule has 0 spiro atoms. The van der Waals surface area contributed by atoms with Crippen LogP contribution in [0.5, 0.6) is 5.75 Å². The van der Waals surface area contributed by atoms with Crippen LogP contribution in [-0.4, -0.2) is 35.0 Å². The highest BCUT2D eigenvalue weighted by Crippen LogP contribution is 2.23. The van der Waals surface area contributed by atoms with E-state index in [1.807, 2.05) is 30.3 Å². The van der Waals surface area contributed by atoms with Crippen molar-refractivity contribution < 1.29 is 18.3 Å². The van der Waals surface area contributed by atoms with Crippen molar-refractivity contribution >= 4 is 17.7 Å². The van der Waals surface area contributed by atoms with Gasteiger partial charge in [0.05, 0.1) is 12.3 Å². The maximum absolute atomic E-state index is 12.9. The lowest BCUT2D eigenvalue weighted by atomic mass is 10.2. The van der Waals surface area contributed by atoms with E-state index in [1.54, 1.807) is 12.1 Å². The fraction of sp³-hybridized carbons (Fsp3) is 0.167. The lowest BCUT2D eigenvalue weighted by molar-refractivity contribution is -0.118. The lowest BCUT2D eigenvalue weighted by Gasteiger charge is -2.06. The second-order valence-electron chi connectivity index (χ2n) is 5.18. The van der Waals surface area contributed by atoms with Crippen LogP contribution in [0.15, 0.2) is 64.2 Å². The number of thioether (sulfide) groups is 1. The van der Waals surface area contributed by atoms with Crippen molar-refractivity contribution in [3.8, 4) is 17.2 Å². The molecule has 3 rings (SSSR count). The largest absolute Gasteiger partial charge is 0.492 e. The number of amides is 1. The van der Waals surface area contributed by atoms with Gasteiger partial charge in [-0.25, -0.2) is 4.39 Å². The number of halogens is 1. The van der Waals surface area contributed by atoms with Crippen LogP contribution in [0.4, 0.5) is 4.39 Å². The summed E-state index contributed by atoms with van der Waals surface area (Å²) in [5, 5.41) is 10.8. The molecule has 134 valence electrons. The Morgan fingerprint density at radius 3 is 2.65 bits per heavy atom. The molecule has 0 radical (unpaired) electrons. The van der Waals surface area contributed by atoms with E-state index in [2.05, 4.69) is 15.5 Å². The number of benzene rings is 2. The summed E-state index contributed by atoms with van der Waals surface area (Å²) in [5.74, 6) is 0.694. The predicted octanol–water partition coefficient (Wildman–Crippen LogP) is 3.16. The Morgan fingerprint density at radius 2 is 1.88 bits per heavy atom. The molecule has 0 unspecified atom stereocenters. The molecule has 0 atom stereocenters. The molecule has 0 aliphatic rings. The van der Waals surface area contributed by atoms with Crippen molar-refractivity contribution in [3.05, 3.63) is 60.4 Å². The van der Waals surface area contributed by atoms with Gasteiger partial charge in [-0.2, -0.15) is 0 Å². The van der Waals surface area contributed by atoms with Crippen LogP contribution in [0.2, 0.25) is 0 Å². The quantitative estimate of drug-likeness (QED) is 0.483. The number of ether oxygens (including phenoxy) is 1. The topological polar surface area (TPSA) is 77.2 Å². The number of para-hydroxylation sites is 1. The number of hydrogen-bond donors (Lipinski definition) is 1. The molecule has 0 saturated heterocycles. The van der Waals surface area contributed by atoms with Crippen molar-refractivity contribution in [1.29, 1.82) is 0 Å². The van der Waals surface area contributed by atoms with Crippen LogP contribution in [0.25, 0.3) is 11.5 Å². The van der Waals surface area contributed by atoms with Crippen molar-refractivity contribution in [1.82, 2.24) is 15.5 Å². The van der Waals surface area contributed by atoms with Crippen LogP contribution in [0, 0.1) is 5.82 Å². The normalized spacial score (nSPS) is 10.5. The van der Waals surface area contributed by atoms with E-state index in [9.17, 15) is 9.18 Å². The maximum atomic E-state index is 12.9. The average Bonchev–Trinajstić information content (AvgIpc) is 3.14. The fourth-order valence-electron chi connectivity index (χ4n) is 2.03. The zero-order valence-corrected chi connectivity index (χ0v) is 14.5. The Hall–Kier alpha value is -2.87. The zero-order chi connectivity index (χ0) is 18.2. The molecule has 0 saturated carbocycles. The second kappa shape index (κ2) is 9.00. The van der Waals surface area contributed by atoms with Gasteiger partial charge < -0.3 is 14.5 Å². The van der Waals surface area contributed by atoms with Crippen molar-refractivity contribution in [2.24, 2.45) is 0 Å². The fourth-order valence-corrected chi connectivity index (χ4v) is 2.62. The van der Waals surface area contributed by atoms with Crippen LogP contribution in [-0.2, 0) is 4.79 Å². The van der Waals surface area contributed by atoms with E-state index >= 15 is 0 Å². The van der Waals surface area contributed by atoms with Crippen LogP contribution in [0.3, 0.4) is 0 Å². The number of aromatic nitrogens is 2. The Morgan fingerprint density at radius 1 is 1.12 bits per heavy atom. The summed E-state index contributed by atoms with van der Waals surface area (Å²) in [7, 11) is 0. The molecule has 1 amide bonds. The smallest absolute Gasteiger partial charge is 0.277 e. The third kappa shape index (κ3) is 5.32. The number of rotatable bonds is 8. The Bertz CT molecular complexity index is 840. The van der Waals surface area contributed by atoms with E-state index < -0.39 is 0 Å². The van der Waals surface area contributed by atoms with E-state index in [1.165, 1.54) is 12.1 Å². The van der Waals surface area contributed by atoms with Gasteiger partial charge in [-0.3, -0.25) is 4.79 Å². The first-order chi connectivity index (χ1) is 12.7. The van der Waals surface area contributed by atoms with Gasteiger partial charge in [-0.1, -0.05) is 30.0 Å². The van der Waals surface area contributed by atoms with Crippen molar-refractivity contribution in [2.75, 3.05) is 18.9 Å². The first-order valence-electron chi connectivity index (χ1n) is 7.87. The summed E-state index contributed by atoms with van der Waals surface area (Å²) >= 11 is 1.13. The van der Waals surface area contributed by atoms with Gasteiger partial charge in [0, 0.05) is 5.56 Å². The Labute approximate surface area is 153 Å². The Kier molecular flexibility index (Phi) is 6.21. The minimum Gasteiger partial charge on any atom is -0.492 e. The molecule has 1 heterocycles. The number of hydrogen-bond acceptors (Lipinski definition) is 6.